The molecular formula is C17H17F3N2O3. The van der Waals surface area contributed by atoms with Gasteiger partial charge in [-0.25, -0.2) is 0 Å². The number of ether oxygens (including phenoxy) is 2. The van der Waals surface area contributed by atoms with Crippen molar-refractivity contribution in [3.8, 4) is 11.5 Å². The molecule has 1 aromatic heterocycles. The Balaban J connectivity index is 2.10. The van der Waals surface area contributed by atoms with Crippen LogP contribution in [0.5, 0.6) is 11.5 Å². The molecule has 5 nitrogen and oxygen atoms in total. The highest BCUT2D eigenvalue weighted by Gasteiger charge is 2.47. The molecule has 0 aliphatic carbocycles. The number of carbonyl (C=O) groups excluding carboxylic acids is 1. The minimum absolute atomic E-state index is 0.0461. The van der Waals surface area contributed by atoms with E-state index in [1.54, 1.807) is 18.2 Å². The predicted molar refractivity (Wildman–Crippen MR) is 84.3 cm³/mol. The Morgan fingerprint density at radius 2 is 1.80 bits per heavy atom. The Morgan fingerprint density at radius 3 is 2.32 bits per heavy atom. The summed E-state index contributed by atoms with van der Waals surface area (Å²) in [6.45, 7) is 1.53. The number of halogens is 3. The Morgan fingerprint density at radius 1 is 1.12 bits per heavy atom. The summed E-state index contributed by atoms with van der Waals surface area (Å²) in [6.07, 6.45) is -6.05. The Kier molecular flexibility index (Phi) is 5.84. The third-order valence-electron chi connectivity index (χ3n) is 3.33. The number of benzene rings is 1. The summed E-state index contributed by atoms with van der Waals surface area (Å²) >= 11 is 0. The van der Waals surface area contributed by atoms with E-state index in [1.807, 2.05) is 0 Å². The van der Waals surface area contributed by atoms with E-state index in [-0.39, 0.29) is 5.75 Å². The lowest BCUT2D eigenvalue weighted by Gasteiger charge is -2.23. The van der Waals surface area contributed by atoms with Gasteiger partial charge in [0.2, 0.25) is 0 Å². The number of aromatic nitrogens is 1. The van der Waals surface area contributed by atoms with E-state index < -0.39 is 24.2 Å². The molecule has 0 fully saturated rings. The van der Waals surface area contributed by atoms with E-state index in [1.165, 1.54) is 44.5 Å². The van der Waals surface area contributed by atoms with Crippen molar-refractivity contribution in [2.75, 3.05) is 7.11 Å². The largest absolute Gasteiger partial charge is 0.495 e. The number of carbonyl (C=O) groups is 1. The van der Waals surface area contributed by atoms with Gasteiger partial charge in [-0.05, 0) is 31.2 Å². The molecular weight excluding hydrogens is 337 g/mol. The lowest BCUT2D eigenvalue weighted by atomic mass is 10.2. The van der Waals surface area contributed by atoms with Gasteiger partial charge in [0.1, 0.15) is 11.5 Å². The second kappa shape index (κ2) is 7.87. The van der Waals surface area contributed by atoms with Gasteiger partial charge in [-0.2, -0.15) is 13.2 Å². The van der Waals surface area contributed by atoms with Gasteiger partial charge in [-0.1, -0.05) is 18.2 Å². The van der Waals surface area contributed by atoms with Crippen LogP contribution in [0.25, 0.3) is 0 Å². The molecule has 8 heteroatoms. The van der Waals surface area contributed by atoms with E-state index in [4.69, 9.17) is 9.47 Å². The van der Waals surface area contributed by atoms with Crippen LogP contribution in [0.1, 0.15) is 18.7 Å². The summed E-state index contributed by atoms with van der Waals surface area (Å²) < 4.78 is 49.4. The van der Waals surface area contributed by atoms with Crippen LogP contribution in [0.3, 0.4) is 0 Å². The Labute approximate surface area is 142 Å². The van der Waals surface area contributed by atoms with E-state index in [2.05, 4.69) is 10.3 Å². The van der Waals surface area contributed by atoms with Crippen LogP contribution in [0.15, 0.2) is 48.7 Å². The second-order valence-electron chi connectivity index (χ2n) is 5.21. The first-order valence-electron chi connectivity index (χ1n) is 7.40. The molecule has 0 radical (unpaired) electrons. The smallest absolute Gasteiger partial charge is 0.434 e. The van der Waals surface area contributed by atoms with E-state index in [0.29, 0.717) is 11.4 Å². The van der Waals surface area contributed by atoms with Gasteiger partial charge >= 0.3 is 6.18 Å². The zero-order chi connectivity index (χ0) is 18.4. The van der Waals surface area contributed by atoms with Crippen molar-refractivity contribution >= 4 is 5.91 Å². The standard InChI is InChI=1S/C17H17F3N2O3/c1-11(14-9-8-13(24-2)10-21-14)22-16(23)15(17(18,19)20)25-12-6-4-3-5-7-12/h3-11,15H,1-2H3,(H,22,23). The van der Waals surface area contributed by atoms with E-state index in [9.17, 15) is 18.0 Å². The normalized spacial score (nSPS) is 13.6. The van der Waals surface area contributed by atoms with Crippen LogP contribution >= 0.6 is 0 Å². The summed E-state index contributed by atoms with van der Waals surface area (Å²) in [4.78, 5) is 16.1. The van der Waals surface area contributed by atoms with Crippen molar-refractivity contribution in [1.82, 2.24) is 10.3 Å². The summed E-state index contributed by atoms with van der Waals surface area (Å²) in [5.74, 6) is -0.834. The molecule has 0 bridgehead atoms. The average Bonchev–Trinajstić information content (AvgIpc) is 2.59. The molecule has 0 saturated carbocycles. The molecule has 2 atom stereocenters. The number of nitrogens with zero attached hydrogens (tertiary/aromatic N) is 1. The molecule has 1 heterocycles. The number of nitrogens with one attached hydrogen (secondary N) is 1. The topological polar surface area (TPSA) is 60.5 Å². The maximum Gasteiger partial charge on any atom is 0.434 e. The number of amides is 1. The van der Waals surface area contributed by atoms with Crippen LogP contribution in [-0.2, 0) is 4.79 Å². The maximum atomic E-state index is 13.2. The third-order valence-corrected chi connectivity index (χ3v) is 3.33. The van der Waals surface area contributed by atoms with Gasteiger partial charge in [-0.15, -0.1) is 0 Å². The van der Waals surface area contributed by atoms with Gasteiger partial charge in [0.05, 0.1) is 25.0 Å². The minimum Gasteiger partial charge on any atom is -0.495 e. The SMILES string of the molecule is COc1ccc(C(C)NC(=O)C(Oc2ccccc2)C(F)(F)F)nc1. The average molecular weight is 354 g/mol. The van der Waals surface area contributed by atoms with Crippen LogP contribution in [0.2, 0.25) is 0 Å². The fraction of sp³-hybridized carbons (Fsp3) is 0.294. The fourth-order valence-corrected chi connectivity index (χ4v) is 2.04. The lowest BCUT2D eigenvalue weighted by Crippen LogP contribution is -2.48. The highest BCUT2D eigenvalue weighted by molar-refractivity contribution is 5.82. The zero-order valence-electron chi connectivity index (χ0n) is 13.6. The molecule has 2 rings (SSSR count). The number of hydrogen-bond acceptors (Lipinski definition) is 4. The lowest BCUT2D eigenvalue weighted by molar-refractivity contribution is -0.198. The summed E-state index contributed by atoms with van der Waals surface area (Å²) in [5, 5.41) is 2.27. The van der Waals surface area contributed by atoms with Crippen molar-refractivity contribution < 1.29 is 27.4 Å². The molecule has 0 saturated heterocycles. The molecule has 0 spiro atoms. The summed E-state index contributed by atoms with van der Waals surface area (Å²) in [6, 6.07) is 9.79. The number of methoxy groups -OCH3 is 1. The van der Waals surface area contributed by atoms with E-state index >= 15 is 0 Å². The Hall–Kier alpha value is -2.77. The van der Waals surface area contributed by atoms with Crippen LogP contribution in [-0.4, -0.2) is 30.3 Å². The molecule has 2 aromatic rings. The highest BCUT2D eigenvalue weighted by atomic mass is 19.4. The van der Waals surface area contributed by atoms with Crippen LogP contribution in [0.4, 0.5) is 13.2 Å². The molecule has 2 unspecified atom stereocenters. The molecule has 1 amide bonds. The quantitative estimate of drug-likeness (QED) is 0.865. The third kappa shape index (κ3) is 5.10. The van der Waals surface area contributed by atoms with Crippen molar-refractivity contribution in [1.29, 1.82) is 0 Å². The molecule has 134 valence electrons. The first-order valence-corrected chi connectivity index (χ1v) is 7.40. The molecule has 1 aromatic carbocycles. The predicted octanol–water partition coefficient (Wildman–Crippen LogP) is 3.28. The van der Waals surface area contributed by atoms with E-state index in [0.717, 1.165) is 0 Å². The van der Waals surface area contributed by atoms with Crippen molar-refractivity contribution in [3.63, 3.8) is 0 Å². The second-order valence-corrected chi connectivity index (χ2v) is 5.21. The summed E-state index contributed by atoms with van der Waals surface area (Å²) in [7, 11) is 1.47. The molecule has 0 aliphatic rings. The number of pyridine rings is 1. The van der Waals surface area contributed by atoms with Crippen molar-refractivity contribution in [2.45, 2.75) is 25.2 Å². The van der Waals surface area contributed by atoms with Crippen LogP contribution in [0, 0.1) is 0 Å². The number of para-hydroxylation sites is 1. The Bertz CT molecular complexity index is 691. The van der Waals surface area contributed by atoms with Crippen LogP contribution < -0.4 is 14.8 Å². The maximum absolute atomic E-state index is 13.2. The molecule has 25 heavy (non-hydrogen) atoms. The highest BCUT2D eigenvalue weighted by Crippen LogP contribution is 2.26. The molecule has 0 aliphatic heterocycles. The monoisotopic (exact) mass is 354 g/mol. The summed E-state index contributed by atoms with van der Waals surface area (Å²) in [5.41, 5.74) is 0.398. The van der Waals surface area contributed by atoms with Gasteiger partial charge in [-0.3, -0.25) is 9.78 Å². The number of alkyl halides is 3. The van der Waals surface area contributed by atoms with Gasteiger partial charge in [0.25, 0.3) is 12.0 Å². The van der Waals surface area contributed by atoms with Gasteiger partial charge < -0.3 is 14.8 Å². The number of rotatable bonds is 6. The first kappa shape index (κ1) is 18.6. The van der Waals surface area contributed by atoms with Gasteiger partial charge in [0, 0.05) is 0 Å². The van der Waals surface area contributed by atoms with Crippen molar-refractivity contribution in [3.05, 3.63) is 54.4 Å². The molecule has 1 N–H and O–H groups in total. The first-order chi connectivity index (χ1) is 11.8. The van der Waals surface area contributed by atoms with Gasteiger partial charge in [0.15, 0.2) is 0 Å². The fourth-order valence-electron chi connectivity index (χ4n) is 2.04. The van der Waals surface area contributed by atoms with Crippen molar-refractivity contribution in [2.24, 2.45) is 0 Å². The zero-order valence-corrected chi connectivity index (χ0v) is 13.6. The minimum atomic E-state index is -4.85. The number of hydrogen-bond donors (Lipinski definition) is 1.